The van der Waals surface area contributed by atoms with Gasteiger partial charge >= 0.3 is 0 Å². The highest BCUT2D eigenvalue weighted by Crippen LogP contribution is 2.48. The molecule has 3 aliphatic rings. The Morgan fingerprint density at radius 3 is 2.69 bits per heavy atom. The molecule has 0 spiro atoms. The Hall–Kier alpha value is -7.24. The molecule has 2 amide bonds. The number of rotatable bonds is 16. The molecule has 0 unspecified atom stereocenters. The number of nitrogen functional groups attached to an aromatic ring is 1. The molecule has 2 fully saturated rings. The monoisotopic (exact) mass is 1020 g/mol. The van der Waals surface area contributed by atoms with Crippen molar-refractivity contribution in [2.45, 2.75) is 122 Å². The lowest BCUT2D eigenvalue weighted by Gasteiger charge is -2.33. The van der Waals surface area contributed by atoms with Crippen molar-refractivity contribution in [2.24, 2.45) is 5.92 Å². The Bertz CT molecular complexity index is 3170. The first kappa shape index (κ1) is 50.3. The molecular weight excluding hydrogens is 955 g/mol. The van der Waals surface area contributed by atoms with Crippen LogP contribution in [0.4, 0.5) is 10.9 Å². The van der Waals surface area contributed by atoms with E-state index in [1.165, 1.54) is 11.3 Å². The number of hydrogen-bond acceptors (Lipinski definition) is 16. The van der Waals surface area contributed by atoms with Crippen molar-refractivity contribution in [1.29, 1.82) is 5.26 Å². The molecule has 386 valence electrons. The van der Waals surface area contributed by atoms with Gasteiger partial charge in [0.25, 0.3) is 5.88 Å². The van der Waals surface area contributed by atoms with Crippen LogP contribution in [-0.4, -0.2) is 118 Å². The molecule has 8 heterocycles. The summed E-state index contributed by atoms with van der Waals surface area (Å²) in [7, 11) is 0. The smallest absolute Gasteiger partial charge is 0.253 e. The fraction of sp³-hybridized carbons (Fsp3) is 0.481. The van der Waals surface area contributed by atoms with Gasteiger partial charge in [-0.3, -0.25) is 9.59 Å². The maximum Gasteiger partial charge on any atom is 0.253 e. The summed E-state index contributed by atoms with van der Waals surface area (Å²) < 4.78 is 13.6. The summed E-state index contributed by atoms with van der Waals surface area (Å²) in [5.74, 6) is 1.39. The van der Waals surface area contributed by atoms with Gasteiger partial charge in [0.2, 0.25) is 29.5 Å². The van der Waals surface area contributed by atoms with E-state index in [1.54, 1.807) is 34.2 Å². The lowest BCUT2D eigenvalue weighted by Crippen LogP contribution is -2.52. The number of likely N-dealkylation sites (tertiary alicyclic amines) is 1. The molecule has 19 nitrogen and oxygen atoms in total. The van der Waals surface area contributed by atoms with E-state index in [1.807, 2.05) is 58.2 Å². The second-order valence-electron chi connectivity index (χ2n) is 21.1. The summed E-state index contributed by atoms with van der Waals surface area (Å²) in [5, 5.41) is 27.8. The van der Waals surface area contributed by atoms with Gasteiger partial charge in [0, 0.05) is 60.1 Å². The predicted octanol–water partition coefficient (Wildman–Crippen LogP) is 7.82. The van der Waals surface area contributed by atoms with E-state index >= 15 is 0 Å². The number of nitrogens with two attached hydrogens (primary N) is 1. The molecule has 4 atom stereocenters. The Balaban J connectivity index is 0.697. The molecule has 0 saturated carbocycles. The molecule has 1 aromatic carbocycles. The minimum Gasteiger partial charge on any atom is -0.475 e. The van der Waals surface area contributed by atoms with Gasteiger partial charge in [-0.05, 0) is 133 Å². The molecule has 4 N–H and O–H groups in total. The quantitative estimate of drug-likeness (QED) is 0.0782. The number of fused-ring (bicyclic) bond motifs is 2. The van der Waals surface area contributed by atoms with Crippen molar-refractivity contribution >= 4 is 45.1 Å². The van der Waals surface area contributed by atoms with Gasteiger partial charge in [-0.25, -0.2) is 19.6 Å². The largest absolute Gasteiger partial charge is 0.475 e. The summed E-state index contributed by atoms with van der Waals surface area (Å²) in [4.78, 5) is 58.0. The van der Waals surface area contributed by atoms with E-state index in [0.29, 0.717) is 59.4 Å². The summed E-state index contributed by atoms with van der Waals surface area (Å²) in [6.45, 7) is 16.7. The number of hydrogen-bond donors (Lipinski definition) is 3. The van der Waals surface area contributed by atoms with Crippen molar-refractivity contribution in [3.05, 3.63) is 94.7 Å². The van der Waals surface area contributed by atoms with E-state index in [2.05, 4.69) is 77.6 Å². The molecule has 0 radical (unpaired) electrons. The zero-order valence-corrected chi connectivity index (χ0v) is 43.9. The number of anilines is 2. The van der Waals surface area contributed by atoms with Crippen LogP contribution in [0, 0.1) is 17.2 Å². The fourth-order valence-electron chi connectivity index (χ4n) is 11.2. The highest BCUT2D eigenvalue weighted by atomic mass is 32.1. The number of nitrogens with one attached hydrogen (secondary N) is 2. The topological polar surface area (TPSA) is 239 Å². The average molecular weight is 1020 g/mol. The Kier molecular flexibility index (Phi) is 14.2. The molecule has 2 saturated heterocycles. The number of carbonyl (C=O) groups excluding carboxylic acids is 2. The van der Waals surface area contributed by atoms with Crippen molar-refractivity contribution in [1.82, 2.24) is 60.2 Å². The van der Waals surface area contributed by atoms with Gasteiger partial charge in [0.05, 0.1) is 29.3 Å². The van der Waals surface area contributed by atoms with Gasteiger partial charge in [-0.2, -0.15) is 10.2 Å². The Labute approximate surface area is 434 Å². The Morgan fingerprint density at radius 2 is 1.88 bits per heavy atom. The summed E-state index contributed by atoms with van der Waals surface area (Å²) in [6.07, 6.45) is 13.7. The third kappa shape index (κ3) is 9.94. The van der Waals surface area contributed by atoms with Crippen LogP contribution in [0.1, 0.15) is 120 Å². The van der Waals surface area contributed by atoms with Crippen molar-refractivity contribution in [3.63, 3.8) is 0 Å². The van der Waals surface area contributed by atoms with Crippen LogP contribution in [0.5, 0.6) is 5.88 Å². The highest BCUT2D eigenvalue weighted by Gasteiger charge is 2.44. The van der Waals surface area contributed by atoms with Crippen molar-refractivity contribution in [3.8, 4) is 34.6 Å². The number of aryl methyl sites for hydroxylation is 1. The number of amides is 2. The number of benzene rings is 1. The maximum atomic E-state index is 14.4. The van der Waals surface area contributed by atoms with Crippen LogP contribution in [-0.2, 0) is 27.0 Å². The van der Waals surface area contributed by atoms with Gasteiger partial charge in [0.15, 0.2) is 0 Å². The standard InChI is InChI=1S/C54H65N15O4S/c1-33(2)45(50(71)68-27-10-12-41(68)49(70)62-53(4,5)36-16-14-35(15-17-36)37-18-22-57-47-38(37)19-23-58-47)69-32-43(63-65-69)72-29-8-7-25-66-26-11-28-67(34(3)31-66)52-59-24-20-40(60-52)48-61-51(73-64-48)54(6)21-9-13-42-44(54)39(30-55)46(56)74-42/h14-20,22-24,32-34,41,45H,7-13,21,25-29,31,56H2,1-6H3,(H,57,58)(H,62,70)/t34-,41-,45-,54-/m0/s1. The fourth-order valence-corrected chi connectivity index (χ4v) is 12.4. The van der Waals surface area contributed by atoms with Crippen LogP contribution < -0.4 is 20.7 Å². The number of nitrogens with zero attached hydrogens (tertiary/aromatic N) is 12. The minimum absolute atomic E-state index is 0.114. The van der Waals surface area contributed by atoms with Gasteiger partial charge in [0.1, 0.15) is 34.5 Å². The first-order valence-corrected chi connectivity index (χ1v) is 26.7. The van der Waals surface area contributed by atoms with Crippen LogP contribution in [0.3, 0.4) is 0 Å². The molecule has 1 aliphatic carbocycles. The second-order valence-corrected chi connectivity index (χ2v) is 22.2. The van der Waals surface area contributed by atoms with Crippen LogP contribution in [0.2, 0.25) is 0 Å². The number of pyridine rings is 1. The molecule has 6 aromatic heterocycles. The van der Waals surface area contributed by atoms with E-state index < -0.39 is 23.0 Å². The second kappa shape index (κ2) is 20.9. The zero-order valence-electron chi connectivity index (χ0n) is 43.0. The molecule has 2 aliphatic heterocycles. The third-order valence-corrected chi connectivity index (χ3v) is 16.2. The van der Waals surface area contributed by atoms with E-state index in [9.17, 15) is 14.9 Å². The lowest BCUT2D eigenvalue weighted by atomic mass is 9.72. The molecule has 10 rings (SSSR count). The molecule has 0 bridgehead atoms. The number of aromatic amines is 1. The van der Waals surface area contributed by atoms with E-state index in [-0.39, 0.29) is 23.8 Å². The summed E-state index contributed by atoms with van der Waals surface area (Å²) >= 11 is 1.48. The highest BCUT2D eigenvalue weighted by molar-refractivity contribution is 7.16. The lowest BCUT2D eigenvalue weighted by molar-refractivity contribution is -0.143. The maximum absolute atomic E-state index is 14.4. The SMILES string of the molecule is CC(C)[C@@H](C(=O)N1CCC[C@H]1C(=O)NC(C)(C)c1ccc(-c2ccnc3[nH]ccc23)cc1)n1cc(OCCCCN2CCCN(c3nccc(-c4noc([C@@]5(C)CCCc6sc(N)c(C#N)c65)n4)n3)[C@@H](C)C2)nn1. The number of ether oxygens (including phenoxy) is 1. The summed E-state index contributed by atoms with van der Waals surface area (Å²) in [6, 6.07) is 15.3. The number of carbonyl (C=O) groups is 2. The zero-order chi connectivity index (χ0) is 51.7. The average Bonchev–Trinajstić information content (AvgIpc) is 4.25. The first-order chi connectivity index (χ1) is 35.7. The number of nitriles is 1. The van der Waals surface area contributed by atoms with E-state index in [4.69, 9.17) is 25.0 Å². The first-order valence-electron chi connectivity index (χ1n) is 25.9. The predicted molar refractivity (Wildman–Crippen MR) is 282 cm³/mol. The molecular formula is C54H65N15O4S. The normalized spacial score (nSPS) is 19.9. The van der Waals surface area contributed by atoms with Crippen LogP contribution in [0.25, 0.3) is 33.7 Å². The number of H-pyrrole nitrogens is 1. The number of thiophene rings is 1. The van der Waals surface area contributed by atoms with Crippen LogP contribution >= 0.6 is 11.3 Å². The third-order valence-electron chi connectivity index (χ3n) is 15.1. The van der Waals surface area contributed by atoms with Gasteiger partial charge in [-0.15, -0.1) is 11.3 Å². The Morgan fingerprint density at radius 1 is 1.05 bits per heavy atom. The van der Waals surface area contributed by atoms with Crippen molar-refractivity contribution < 1.29 is 18.8 Å². The van der Waals surface area contributed by atoms with E-state index in [0.717, 1.165) is 109 Å². The molecule has 20 heteroatoms. The summed E-state index contributed by atoms with van der Waals surface area (Å²) in [5.41, 5.74) is 10.9. The number of aromatic nitrogens is 9. The van der Waals surface area contributed by atoms with Gasteiger partial charge in [-0.1, -0.05) is 53.6 Å². The molecule has 74 heavy (non-hydrogen) atoms. The van der Waals surface area contributed by atoms with Gasteiger partial charge < -0.3 is 40.0 Å². The van der Waals surface area contributed by atoms with Crippen LogP contribution in [0.15, 0.2) is 71.8 Å². The minimum atomic E-state index is -0.683. The number of unbranched alkanes of at least 4 members (excludes halogenated alkanes) is 1. The molecule has 7 aromatic rings. The van der Waals surface area contributed by atoms with Crippen molar-refractivity contribution in [2.75, 3.05) is 50.0 Å².